The molecule has 74 valence electrons. The van der Waals surface area contributed by atoms with Crippen molar-refractivity contribution < 1.29 is 4.79 Å². The highest BCUT2D eigenvalue weighted by Gasteiger charge is 2.45. The van der Waals surface area contributed by atoms with Gasteiger partial charge in [0.15, 0.2) is 0 Å². The van der Waals surface area contributed by atoms with E-state index in [1.54, 1.807) is 0 Å². The van der Waals surface area contributed by atoms with Crippen molar-refractivity contribution in [2.45, 2.75) is 45.4 Å². The Balaban J connectivity index is 1.80. The largest absolute Gasteiger partial charge is 0.341 e. The smallest absolute Gasteiger partial charge is 0.222 e. The van der Waals surface area contributed by atoms with Crippen molar-refractivity contribution in [1.82, 2.24) is 4.90 Å². The minimum Gasteiger partial charge on any atom is -0.341 e. The number of hydrogen-bond acceptors (Lipinski definition) is 1. The highest BCUT2D eigenvalue weighted by Crippen LogP contribution is 2.45. The van der Waals surface area contributed by atoms with Gasteiger partial charge in [-0.15, -0.1) is 0 Å². The predicted molar refractivity (Wildman–Crippen MR) is 52.4 cm³/mol. The van der Waals surface area contributed by atoms with Gasteiger partial charge in [0.2, 0.25) is 5.91 Å². The van der Waals surface area contributed by atoms with Gasteiger partial charge in [0, 0.05) is 24.9 Å². The van der Waals surface area contributed by atoms with E-state index in [1.165, 1.54) is 25.7 Å². The lowest BCUT2D eigenvalue weighted by Gasteiger charge is -2.48. The second-order valence-corrected chi connectivity index (χ2v) is 4.71. The number of carbonyl (C=O) groups excluding carboxylic acids is 1. The summed E-state index contributed by atoms with van der Waals surface area (Å²) in [6.07, 6.45) is 7.23. The molecular weight excluding hydrogens is 162 g/mol. The normalized spacial score (nSPS) is 24.8. The van der Waals surface area contributed by atoms with Gasteiger partial charge in [-0.25, -0.2) is 0 Å². The summed E-state index contributed by atoms with van der Waals surface area (Å²) in [7, 11) is 0. The van der Waals surface area contributed by atoms with Gasteiger partial charge in [0.25, 0.3) is 0 Å². The van der Waals surface area contributed by atoms with E-state index >= 15 is 0 Å². The third-order valence-corrected chi connectivity index (χ3v) is 3.53. The van der Waals surface area contributed by atoms with Crippen molar-refractivity contribution >= 4 is 5.91 Å². The van der Waals surface area contributed by atoms with Gasteiger partial charge < -0.3 is 4.90 Å². The summed E-state index contributed by atoms with van der Waals surface area (Å²) in [5.74, 6) is 0.375. The third kappa shape index (κ3) is 1.59. The van der Waals surface area contributed by atoms with Gasteiger partial charge in [-0.1, -0.05) is 19.8 Å². The number of hydrogen-bond donors (Lipinski definition) is 0. The molecule has 0 aromatic heterocycles. The Labute approximate surface area is 80.3 Å². The van der Waals surface area contributed by atoms with Gasteiger partial charge in [-0.05, 0) is 19.3 Å². The second kappa shape index (κ2) is 3.32. The lowest BCUT2D eigenvalue weighted by Crippen LogP contribution is -2.57. The minimum absolute atomic E-state index is 0.375. The molecule has 0 atom stereocenters. The van der Waals surface area contributed by atoms with E-state index in [0.717, 1.165) is 25.9 Å². The molecule has 0 unspecified atom stereocenters. The number of rotatable bonds is 2. The first-order valence-electron chi connectivity index (χ1n) is 5.54. The highest BCUT2D eigenvalue weighted by molar-refractivity contribution is 5.77. The van der Waals surface area contributed by atoms with E-state index in [0.29, 0.717) is 11.3 Å². The molecule has 0 aromatic rings. The fourth-order valence-corrected chi connectivity index (χ4v) is 2.75. The number of carbonyl (C=O) groups is 1. The fourth-order valence-electron chi connectivity index (χ4n) is 2.75. The van der Waals surface area contributed by atoms with Crippen LogP contribution in [0.5, 0.6) is 0 Å². The molecule has 0 bridgehead atoms. The molecule has 1 saturated carbocycles. The molecule has 1 aliphatic carbocycles. The van der Waals surface area contributed by atoms with Crippen LogP contribution in [0.1, 0.15) is 45.4 Å². The summed E-state index contributed by atoms with van der Waals surface area (Å²) in [6, 6.07) is 0. The Bertz CT molecular complexity index is 198. The van der Waals surface area contributed by atoms with Gasteiger partial charge in [-0.2, -0.15) is 0 Å². The highest BCUT2D eigenvalue weighted by atomic mass is 16.2. The summed E-state index contributed by atoms with van der Waals surface area (Å²) >= 11 is 0. The molecule has 1 amide bonds. The quantitative estimate of drug-likeness (QED) is 0.639. The Morgan fingerprint density at radius 2 is 1.92 bits per heavy atom. The summed E-state index contributed by atoms with van der Waals surface area (Å²) in [5, 5.41) is 0. The van der Waals surface area contributed by atoms with Crippen LogP contribution in [0.15, 0.2) is 0 Å². The van der Waals surface area contributed by atoms with Crippen LogP contribution in [-0.2, 0) is 4.79 Å². The summed E-state index contributed by atoms with van der Waals surface area (Å²) in [5.41, 5.74) is 0.573. The lowest BCUT2D eigenvalue weighted by atomic mass is 9.78. The zero-order chi connectivity index (χ0) is 9.31. The van der Waals surface area contributed by atoms with Crippen LogP contribution < -0.4 is 0 Å². The maximum Gasteiger partial charge on any atom is 0.222 e. The SMILES string of the molecule is CCCC(=O)N1CC2(CCCC2)C1. The first-order chi connectivity index (χ1) is 6.26. The summed E-state index contributed by atoms with van der Waals surface area (Å²) in [6.45, 7) is 4.20. The Hall–Kier alpha value is -0.530. The molecule has 0 aromatic carbocycles. The topological polar surface area (TPSA) is 20.3 Å². The molecule has 1 spiro atoms. The van der Waals surface area contributed by atoms with E-state index in [2.05, 4.69) is 11.8 Å². The molecule has 0 N–H and O–H groups in total. The lowest BCUT2D eigenvalue weighted by molar-refractivity contribution is -0.143. The van der Waals surface area contributed by atoms with Crippen molar-refractivity contribution in [2.24, 2.45) is 5.41 Å². The maximum absolute atomic E-state index is 11.5. The first-order valence-corrected chi connectivity index (χ1v) is 5.54. The molecule has 2 fully saturated rings. The van der Waals surface area contributed by atoms with Crippen LogP contribution in [0.2, 0.25) is 0 Å². The minimum atomic E-state index is 0.375. The molecule has 1 heterocycles. The van der Waals surface area contributed by atoms with Crippen molar-refractivity contribution in [2.75, 3.05) is 13.1 Å². The monoisotopic (exact) mass is 181 g/mol. The Kier molecular flexibility index (Phi) is 2.31. The van der Waals surface area contributed by atoms with E-state index in [1.807, 2.05) is 0 Å². The van der Waals surface area contributed by atoms with Gasteiger partial charge in [0.1, 0.15) is 0 Å². The van der Waals surface area contributed by atoms with Crippen LogP contribution in [0.25, 0.3) is 0 Å². The van der Waals surface area contributed by atoms with Crippen molar-refractivity contribution in [3.63, 3.8) is 0 Å². The molecular formula is C11H19NO. The van der Waals surface area contributed by atoms with Crippen LogP contribution in [0.4, 0.5) is 0 Å². The molecule has 2 rings (SSSR count). The van der Waals surface area contributed by atoms with Gasteiger partial charge >= 0.3 is 0 Å². The molecule has 13 heavy (non-hydrogen) atoms. The van der Waals surface area contributed by atoms with E-state index in [9.17, 15) is 4.79 Å². The van der Waals surface area contributed by atoms with Gasteiger partial charge in [0.05, 0.1) is 0 Å². The zero-order valence-corrected chi connectivity index (χ0v) is 8.51. The van der Waals surface area contributed by atoms with Crippen molar-refractivity contribution in [3.8, 4) is 0 Å². The average Bonchev–Trinajstić information content (AvgIpc) is 2.49. The van der Waals surface area contributed by atoms with E-state index in [4.69, 9.17) is 0 Å². The molecule has 2 heteroatoms. The van der Waals surface area contributed by atoms with Crippen molar-refractivity contribution in [1.29, 1.82) is 0 Å². The molecule has 1 saturated heterocycles. The Morgan fingerprint density at radius 3 is 2.46 bits per heavy atom. The average molecular weight is 181 g/mol. The maximum atomic E-state index is 11.5. The van der Waals surface area contributed by atoms with Crippen LogP contribution >= 0.6 is 0 Å². The first kappa shape index (κ1) is 9.04. The fraction of sp³-hybridized carbons (Fsp3) is 0.909. The van der Waals surface area contributed by atoms with Crippen LogP contribution in [-0.4, -0.2) is 23.9 Å². The molecule has 2 nitrogen and oxygen atoms in total. The standard InChI is InChI=1S/C11H19NO/c1-2-5-10(13)12-8-11(9-12)6-3-4-7-11/h2-9H2,1H3. The number of amides is 1. The van der Waals surface area contributed by atoms with Crippen LogP contribution in [0, 0.1) is 5.41 Å². The number of likely N-dealkylation sites (tertiary alicyclic amines) is 1. The number of nitrogens with zero attached hydrogens (tertiary/aromatic N) is 1. The summed E-state index contributed by atoms with van der Waals surface area (Å²) in [4.78, 5) is 13.5. The molecule has 0 radical (unpaired) electrons. The van der Waals surface area contributed by atoms with Crippen LogP contribution in [0.3, 0.4) is 0 Å². The zero-order valence-electron chi connectivity index (χ0n) is 8.51. The van der Waals surface area contributed by atoms with E-state index in [-0.39, 0.29) is 0 Å². The summed E-state index contributed by atoms with van der Waals surface area (Å²) < 4.78 is 0. The van der Waals surface area contributed by atoms with Gasteiger partial charge in [-0.3, -0.25) is 4.79 Å². The predicted octanol–water partition coefficient (Wildman–Crippen LogP) is 2.19. The van der Waals surface area contributed by atoms with E-state index < -0.39 is 0 Å². The Morgan fingerprint density at radius 1 is 1.31 bits per heavy atom. The molecule has 2 aliphatic rings. The second-order valence-electron chi connectivity index (χ2n) is 4.71. The molecule has 1 aliphatic heterocycles. The third-order valence-electron chi connectivity index (χ3n) is 3.53. The van der Waals surface area contributed by atoms with Crippen molar-refractivity contribution in [3.05, 3.63) is 0 Å².